The van der Waals surface area contributed by atoms with Crippen LogP contribution in [0, 0.1) is 12.3 Å². The van der Waals surface area contributed by atoms with Crippen LogP contribution in [0.5, 0.6) is 0 Å². The second kappa shape index (κ2) is 12.2. The van der Waals surface area contributed by atoms with E-state index >= 15 is 0 Å². The number of carbonyl (C=O) groups is 1. The molecule has 1 N–H and O–H groups in total. The largest absolute Gasteiger partial charge is 0.340 e. The predicted octanol–water partition coefficient (Wildman–Crippen LogP) is 8.79. The number of nitrogens with one attached hydrogen (secondary N) is 1. The fraction of sp³-hybridized carbons (Fsp3) is 0.316. The molecule has 1 saturated carbocycles. The Morgan fingerprint density at radius 3 is 2.13 bits per heavy atom. The average Bonchev–Trinajstić information content (AvgIpc) is 3.82. The molecule has 8 heteroatoms. The minimum absolute atomic E-state index is 0.166. The summed E-state index contributed by atoms with van der Waals surface area (Å²) in [7, 11) is 0. The van der Waals surface area contributed by atoms with Gasteiger partial charge in [-0.1, -0.05) is 66.7 Å². The van der Waals surface area contributed by atoms with E-state index in [4.69, 9.17) is 4.99 Å². The fourth-order valence-corrected chi connectivity index (χ4v) is 6.48. The highest BCUT2D eigenvalue weighted by atomic mass is 19.3. The molecule has 1 saturated heterocycles. The first kappa shape index (κ1) is 30.0. The number of halogens is 2. The van der Waals surface area contributed by atoms with Crippen molar-refractivity contribution in [1.29, 1.82) is 0 Å². The Bertz CT molecular complexity index is 1760. The van der Waals surface area contributed by atoms with E-state index in [0.717, 1.165) is 52.9 Å². The summed E-state index contributed by atoms with van der Waals surface area (Å²) in [5, 5.41) is 2.99. The third kappa shape index (κ3) is 6.62. The number of amides is 1. The number of allylic oxidation sites excluding steroid dienone is 2. The summed E-state index contributed by atoms with van der Waals surface area (Å²) in [5.41, 5.74) is 7.34. The van der Waals surface area contributed by atoms with Crippen LogP contribution in [0.3, 0.4) is 0 Å². The number of hydrogen-bond donors (Lipinski definition) is 1. The van der Waals surface area contributed by atoms with Crippen molar-refractivity contribution in [3.63, 3.8) is 0 Å². The molecule has 3 aromatic carbocycles. The molecule has 46 heavy (non-hydrogen) atoms. The van der Waals surface area contributed by atoms with E-state index in [1.54, 1.807) is 11.0 Å². The van der Waals surface area contributed by atoms with Gasteiger partial charge in [0.1, 0.15) is 5.82 Å². The van der Waals surface area contributed by atoms with Crippen molar-refractivity contribution in [3.8, 4) is 0 Å². The zero-order chi connectivity index (χ0) is 31.7. The van der Waals surface area contributed by atoms with E-state index in [1.165, 1.54) is 12.8 Å². The molecule has 234 valence electrons. The normalized spacial score (nSPS) is 18.1. The van der Waals surface area contributed by atoms with Gasteiger partial charge in [0.05, 0.1) is 11.4 Å². The second-order valence-corrected chi connectivity index (χ2v) is 12.8. The first-order valence-corrected chi connectivity index (χ1v) is 16.1. The minimum Gasteiger partial charge on any atom is -0.340 e. The van der Waals surface area contributed by atoms with Crippen LogP contribution in [-0.2, 0) is 0 Å². The molecule has 4 aromatic rings. The summed E-state index contributed by atoms with van der Waals surface area (Å²) >= 11 is 0. The standard InChI is InChI=1S/C38H37F2N5O/c1-26-24-33(44-36(41-26)45-22-20-38(39,40)21-23-45)43-35(46)31-13-12-30(25-32(31)27-14-16-37(17-15-27)18-19-37)42-34(28-8-4-2-5-9-28)29-10-6-3-7-11-29/h2-14,24-25H,15-23H2,1H3,(H,41,43,44,46). The number of anilines is 2. The molecule has 3 aliphatic rings. The quantitative estimate of drug-likeness (QED) is 0.211. The monoisotopic (exact) mass is 617 g/mol. The third-order valence-corrected chi connectivity index (χ3v) is 9.45. The van der Waals surface area contributed by atoms with E-state index in [0.29, 0.717) is 28.4 Å². The molecule has 1 aromatic heterocycles. The van der Waals surface area contributed by atoms with Gasteiger partial charge in [0.25, 0.3) is 11.8 Å². The molecule has 1 aliphatic heterocycles. The van der Waals surface area contributed by atoms with Crippen molar-refractivity contribution in [1.82, 2.24) is 9.97 Å². The number of hydrogen-bond acceptors (Lipinski definition) is 5. The van der Waals surface area contributed by atoms with Crippen LogP contribution in [0.1, 0.15) is 77.7 Å². The number of aliphatic imine (C=N–C) groups is 1. The van der Waals surface area contributed by atoms with E-state index < -0.39 is 5.92 Å². The lowest BCUT2D eigenvalue weighted by Crippen LogP contribution is -2.40. The van der Waals surface area contributed by atoms with Crippen molar-refractivity contribution in [3.05, 3.63) is 119 Å². The third-order valence-electron chi connectivity index (χ3n) is 9.45. The molecule has 2 aliphatic carbocycles. The Morgan fingerprint density at radius 2 is 1.52 bits per heavy atom. The van der Waals surface area contributed by atoms with Crippen LogP contribution in [0.2, 0.25) is 0 Å². The van der Waals surface area contributed by atoms with E-state index in [1.807, 2.05) is 61.5 Å². The molecule has 0 atom stereocenters. The van der Waals surface area contributed by atoms with Gasteiger partial charge in [0, 0.05) is 54.4 Å². The van der Waals surface area contributed by atoms with Crippen LogP contribution in [-0.4, -0.2) is 40.6 Å². The summed E-state index contributed by atoms with van der Waals surface area (Å²) in [4.78, 5) is 29.9. The Labute approximate surface area is 268 Å². The average molecular weight is 618 g/mol. The van der Waals surface area contributed by atoms with Crippen molar-refractivity contribution in [2.75, 3.05) is 23.3 Å². The number of rotatable bonds is 7. The maximum absolute atomic E-state index is 13.9. The van der Waals surface area contributed by atoms with Gasteiger partial charge in [-0.2, -0.15) is 4.98 Å². The van der Waals surface area contributed by atoms with Gasteiger partial charge in [-0.05, 0) is 73.8 Å². The van der Waals surface area contributed by atoms with Gasteiger partial charge in [0.2, 0.25) is 5.95 Å². The van der Waals surface area contributed by atoms with E-state index in [9.17, 15) is 13.6 Å². The Hall–Kier alpha value is -4.72. The maximum atomic E-state index is 13.9. The van der Waals surface area contributed by atoms with Crippen LogP contribution < -0.4 is 10.2 Å². The summed E-state index contributed by atoms with van der Waals surface area (Å²) in [6.45, 7) is 2.15. The van der Waals surface area contributed by atoms with Gasteiger partial charge in [-0.3, -0.25) is 4.79 Å². The smallest absolute Gasteiger partial charge is 0.257 e. The number of aromatic nitrogens is 2. The summed E-state index contributed by atoms with van der Waals surface area (Å²) in [6.07, 6.45) is 7.44. The van der Waals surface area contributed by atoms with Crippen molar-refractivity contribution in [2.45, 2.75) is 57.8 Å². The molecule has 0 bridgehead atoms. The molecule has 1 spiro atoms. The molecule has 7 rings (SSSR count). The lowest BCUT2D eigenvalue weighted by atomic mass is 9.83. The van der Waals surface area contributed by atoms with Crippen molar-refractivity contribution >= 4 is 34.6 Å². The van der Waals surface area contributed by atoms with Crippen LogP contribution in [0.25, 0.3) is 5.57 Å². The lowest BCUT2D eigenvalue weighted by Gasteiger charge is -2.31. The number of nitrogens with zero attached hydrogens (tertiary/aromatic N) is 4. The molecule has 1 amide bonds. The highest BCUT2D eigenvalue weighted by Crippen LogP contribution is 2.56. The van der Waals surface area contributed by atoms with Gasteiger partial charge < -0.3 is 10.2 Å². The van der Waals surface area contributed by atoms with Crippen molar-refractivity contribution in [2.24, 2.45) is 10.4 Å². The molecular weight excluding hydrogens is 580 g/mol. The number of carbonyl (C=O) groups excluding carboxylic acids is 1. The van der Waals surface area contributed by atoms with Gasteiger partial charge in [-0.25, -0.2) is 18.8 Å². The Kier molecular flexibility index (Phi) is 7.97. The minimum atomic E-state index is -2.67. The zero-order valence-corrected chi connectivity index (χ0v) is 26.0. The highest BCUT2D eigenvalue weighted by Gasteiger charge is 2.43. The Morgan fingerprint density at radius 1 is 0.848 bits per heavy atom. The van der Waals surface area contributed by atoms with E-state index in [-0.39, 0.29) is 31.8 Å². The topological polar surface area (TPSA) is 70.5 Å². The molecule has 6 nitrogen and oxygen atoms in total. The lowest BCUT2D eigenvalue weighted by molar-refractivity contribution is -0.0222. The van der Waals surface area contributed by atoms with Gasteiger partial charge in [-0.15, -0.1) is 0 Å². The fourth-order valence-electron chi connectivity index (χ4n) is 6.48. The zero-order valence-electron chi connectivity index (χ0n) is 26.0. The molecule has 0 unspecified atom stereocenters. The number of alkyl halides is 2. The number of piperidine rings is 1. The Balaban J connectivity index is 1.23. The summed E-state index contributed by atoms with van der Waals surface area (Å²) in [6, 6.07) is 27.7. The number of benzene rings is 3. The van der Waals surface area contributed by atoms with Crippen molar-refractivity contribution < 1.29 is 13.6 Å². The van der Waals surface area contributed by atoms with Crippen LogP contribution in [0.15, 0.2) is 96.0 Å². The molecule has 2 fully saturated rings. The SMILES string of the molecule is Cc1cc(NC(=O)c2ccc(N=C(c3ccccc3)c3ccccc3)cc2C2=CCC3(CC2)CC3)nc(N2CCC(F)(F)CC2)n1. The summed E-state index contributed by atoms with van der Waals surface area (Å²) < 4.78 is 27.6. The van der Waals surface area contributed by atoms with E-state index in [2.05, 4.69) is 45.6 Å². The number of aryl methyl sites for hydroxylation is 1. The van der Waals surface area contributed by atoms with Crippen LogP contribution >= 0.6 is 0 Å². The first-order chi connectivity index (χ1) is 22.3. The predicted molar refractivity (Wildman–Crippen MR) is 179 cm³/mol. The first-order valence-electron chi connectivity index (χ1n) is 16.1. The maximum Gasteiger partial charge on any atom is 0.257 e. The second-order valence-electron chi connectivity index (χ2n) is 12.8. The molecular formula is C38H37F2N5O. The molecule has 0 radical (unpaired) electrons. The van der Waals surface area contributed by atoms with Crippen LogP contribution in [0.4, 0.5) is 26.2 Å². The molecule has 2 heterocycles. The highest BCUT2D eigenvalue weighted by molar-refractivity contribution is 6.14. The summed E-state index contributed by atoms with van der Waals surface area (Å²) in [5.74, 6) is -2.24. The van der Waals surface area contributed by atoms with Gasteiger partial charge >= 0.3 is 0 Å². The van der Waals surface area contributed by atoms with Gasteiger partial charge in [0.15, 0.2) is 0 Å².